The molecule has 1 atom stereocenters. The lowest BCUT2D eigenvalue weighted by molar-refractivity contribution is 0.225. The van der Waals surface area contributed by atoms with Crippen LogP contribution in [-0.2, 0) is 6.54 Å². The number of halogens is 1. The summed E-state index contributed by atoms with van der Waals surface area (Å²) in [6.07, 6.45) is 7.04. The average Bonchev–Trinajstić information content (AvgIpc) is 2.41. The highest BCUT2D eigenvalue weighted by Crippen LogP contribution is 2.35. The Labute approximate surface area is 117 Å². The van der Waals surface area contributed by atoms with Crippen LogP contribution in [0.5, 0.6) is 0 Å². The molecule has 0 N–H and O–H groups in total. The lowest BCUT2D eigenvalue weighted by Gasteiger charge is -2.36. The molecule has 1 aromatic carbocycles. The van der Waals surface area contributed by atoms with Crippen LogP contribution in [0.4, 0.5) is 0 Å². The first-order chi connectivity index (χ1) is 8.83. The summed E-state index contributed by atoms with van der Waals surface area (Å²) in [5, 5.41) is 0. The molecule has 3 rings (SSSR count). The van der Waals surface area contributed by atoms with Gasteiger partial charge in [0.25, 0.3) is 0 Å². The van der Waals surface area contributed by atoms with Crippen LogP contribution in [0.2, 0.25) is 0 Å². The van der Waals surface area contributed by atoms with Gasteiger partial charge in [-0.3, -0.25) is 4.90 Å². The first kappa shape index (κ1) is 12.2. The first-order valence-corrected chi connectivity index (χ1v) is 7.43. The van der Waals surface area contributed by atoms with Gasteiger partial charge in [-0.25, -0.2) is 0 Å². The van der Waals surface area contributed by atoms with Crippen molar-refractivity contribution in [3.8, 4) is 0 Å². The third-order valence-corrected chi connectivity index (χ3v) is 4.69. The lowest BCUT2D eigenvalue weighted by atomic mass is 9.85. The quantitative estimate of drug-likeness (QED) is 0.794. The molecule has 0 spiro atoms. The van der Waals surface area contributed by atoms with Gasteiger partial charge < -0.3 is 0 Å². The third kappa shape index (κ3) is 2.60. The molecule has 1 aliphatic heterocycles. The molecule has 0 radical (unpaired) electrons. The average molecular weight is 304 g/mol. The summed E-state index contributed by atoms with van der Waals surface area (Å²) in [4.78, 5) is 2.56. The van der Waals surface area contributed by atoms with Crippen LogP contribution < -0.4 is 0 Å². The SMILES string of the molecule is BrC1=C2CN(Cc3ccccc3)CCC2CC=C1. The summed E-state index contributed by atoms with van der Waals surface area (Å²) in [5.41, 5.74) is 3.01. The van der Waals surface area contributed by atoms with E-state index in [0.29, 0.717) is 0 Å². The smallest absolute Gasteiger partial charge is 0.0237 e. The second-order valence-electron chi connectivity index (χ2n) is 5.19. The summed E-state index contributed by atoms with van der Waals surface area (Å²) in [5.74, 6) is 0.774. The Morgan fingerprint density at radius 2 is 2.06 bits per heavy atom. The predicted molar refractivity (Wildman–Crippen MR) is 79.5 cm³/mol. The number of likely N-dealkylation sites (tertiary alicyclic amines) is 1. The zero-order valence-corrected chi connectivity index (χ0v) is 12.1. The molecule has 1 saturated heterocycles. The molecule has 1 heterocycles. The van der Waals surface area contributed by atoms with Gasteiger partial charge in [0.2, 0.25) is 0 Å². The van der Waals surface area contributed by atoms with Crippen molar-refractivity contribution in [2.45, 2.75) is 19.4 Å². The Bertz CT molecular complexity index is 475. The number of piperidine rings is 1. The summed E-state index contributed by atoms with van der Waals surface area (Å²) in [7, 11) is 0. The Morgan fingerprint density at radius 1 is 1.22 bits per heavy atom. The number of allylic oxidation sites excluding steroid dienone is 3. The van der Waals surface area contributed by atoms with Gasteiger partial charge in [-0.05, 0) is 36.4 Å². The van der Waals surface area contributed by atoms with E-state index >= 15 is 0 Å². The van der Waals surface area contributed by atoms with Gasteiger partial charge in [-0.1, -0.05) is 58.4 Å². The van der Waals surface area contributed by atoms with Crippen molar-refractivity contribution in [1.82, 2.24) is 4.90 Å². The Morgan fingerprint density at radius 3 is 2.89 bits per heavy atom. The molecule has 94 valence electrons. The molecule has 2 aliphatic rings. The van der Waals surface area contributed by atoms with Gasteiger partial charge in [0.15, 0.2) is 0 Å². The molecule has 0 aromatic heterocycles. The van der Waals surface area contributed by atoms with Crippen molar-refractivity contribution in [2.24, 2.45) is 5.92 Å². The van der Waals surface area contributed by atoms with E-state index in [2.05, 4.69) is 63.3 Å². The molecule has 1 nitrogen and oxygen atoms in total. The summed E-state index contributed by atoms with van der Waals surface area (Å²) in [6, 6.07) is 10.8. The molecule has 0 saturated carbocycles. The maximum Gasteiger partial charge on any atom is 0.0237 e. The number of fused-ring (bicyclic) bond motifs is 1. The van der Waals surface area contributed by atoms with Crippen molar-refractivity contribution in [3.63, 3.8) is 0 Å². The fraction of sp³-hybridized carbons (Fsp3) is 0.375. The highest BCUT2D eigenvalue weighted by molar-refractivity contribution is 9.11. The molecule has 2 heteroatoms. The molecule has 1 aliphatic carbocycles. The lowest BCUT2D eigenvalue weighted by Crippen LogP contribution is -2.35. The Kier molecular flexibility index (Phi) is 3.67. The third-order valence-electron chi connectivity index (χ3n) is 3.92. The second kappa shape index (κ2) is 5.41. The second-order valence-corrected chi connectivity index (χ2v) is 6.05. The maximum atomic E-state index is 3.71. The Balaban J connectivity index is 1.71. The van der Waals surface area contributed by atoms with Crippen LogP contribution in [0.25, 0.3) is 0 Å². The fourth-order valence-electron chi connectivity index (χ4n) is 2.91. The van der Waals surface area contributed by atoms with Gasteiger partial charge in [-0.15, -0.1) is 0 Å². The monoisotopic (exact) mass is 303 g/mol. The number of benzene rings is 1. The molecule has 18 heavy (non-hydrogen) atoms. The van der Waals surface area contributed by atoms with E-state index in [4.69, 9.17) is 0 Å². The van der Waals surface area contributed by atoms with Crippen LogP contribution in [0.1, 0.15) is 18.4 Å². The summed E-state index contributed by atoms with van der Waals surface area (Å²) in [6.45, 7) is 3.41. The molecule has 1 fully saturated rings. The predicted octanol–water partition coefficient (Wildman–Crippen LogP) is 4.12. The molecule has 0 amide bonds. The number of hydrogen-bond donors (Lipinski definition) is 0. The Hall–Kier alpha value is -0.860. The van der Waals surface area contributed by atoms with E-state index < -0.39 is 0 Å². The first-order valence-electron chi connectivity index (χ1n) is 6.64. The number of rotatable bonds is 2. The van der Waals surface area contributed by atoms with E-state index in [9.17, 15) is 0 Å². The van der Waals surface area contributed by atoms with Gasteiger partial charge >= 0.3 is 0 Å². The zero-order chi connectivity index (χ0) is 12.4. The summed E-state index contributed by atoms with van der Waals surface area (Å²) < 4.78 is 1.32. The van der Waals surface area contributed by atoms with Crippen LogP contribution in [-0.4, -0.2) is 18.0 Å². The fourth-order valence-corrected chi connectivity index (χ4v) is 3.55. The van der Waals surface area contributed by atoms with Crippen molar-refractivity contribution in [1.29, 1.82) is 0 Å². The highest BCUT2D eigenvalue weighted by Gasteiger charge is 2.26. The normalized spacial score (nSPS) is 24.2. The van der Waals surface area contributed by atoms with Crippen molar-refractivity contribution >= 4 is 15.9 Å². The minimum absolute atomic E-state index is 0.774. The molecular weight excluding hydrogens is 286 g/mol. The van der Waals surface area contributed by atoms with Crippen molar-refractivity contribution in [2.75, 3.05) is 13.1 Å². The van der Waals surface area contributed by atoms with E-state index in [0.717, 1.165) is 19.0 Å². The van der Waals surface area contributed by atoms with Crippen LogP contribution in [0.15, 0.2) is 52.5 Å². The molecule has 1 aromatic rings. The maximum absolute atomic E-state index is 3.71. The van der Waals surface area contributed by atoms with Crippen LogP contribution in [0.3, 0.4) is 0 Å². The highest BCUT2D eigenvalue weighted by atomic mass is 79.9. The minimum Gasteiger partial charge on any atom is -0.295 e. The van der Waals surface area contributed by atoms with E-state index in [-0.39, 0.29) is 0 Å². The van der Waals surface area contributed by atoms with Gasteiger partial charge in [-0.2, -0.15) is 0 Å². The number of nitrogens with zero attached hydrogens (tertiary/aromatic N) is 1. The van der Waals surface area contributed by atoms with Crippen molar-refractivity contribution in [3.05, 3.63) is 58.1 Å². The van der Waals surface area contributed by atoms with Crippen LogP contribution >= 0.6 is 15.9 Å². The molecule has 1 unspecified atom stereocenters. The van der Waals surface area contributed by atoms with Crippen molar-refractivity contribution < 1.29 is 0 Å². The summed E-state index contributed by atoms with van der Waals surface area (Å²) >= 11 is 3.71. The minimum atomic E-state index is 0.774. The van der Waals surface area contributed by atoms with Gasteiger partial charge in [0.1, 0.15) is 0 Å². The standard InChI is InChI=1S/C16H18BrN/c17-16-8-4-7-14-9-10-18(12-15(14)16)11-13-5-2-1-3-6-13/h1-6,8,14H,7,9-12H2. The van der Waals surface area contributed by atoms with Gasteiger partial charge in [0, 0.05) is 17.6 Å². The van der Waals surface area contributed by atoms with Crippen LogP contribution in [0, 0.1) is 5.92 Å². The topological polar surface area (TPSA) is 3.24 Å². The van der Waals surface area contributed by atoms with E-state index in [1.165, 1.54) is 29.4 Å². The van der Waals surface area contributed by atoms with E-state index in [1.807, 2.05) is 0 Å². The zero-order valence-electron chi connectivity index (χ0n) is 10.5. The molecule has 0 bridgehead atoms. The van der Waals surface area contributed by atoms with E-state index in [1.54, 1.807) is 5.57 Å². The largest absolute Gasteiger partial charge is 0.295 e. The number of hydrogen-bond acceptors (Lipinski definition) is 1. The van der Waals surface area contributed by atoms with Gasteiger partial charge in [0.05, 0.1) is 0 Å². The molecular formula is C16H18BrN.